The Kier molecular flexibility index (Phi) is 7.53. The molecule has 0 spiro atoms. The van der Waals surface area contributed by atoms with Gasteiger partial charge in [-0.2, -0.15) is 4.72 Å². The molecule has 2 aromatic rings. The van der Waals surface area contributed by atoms with E-state index in [1.165, 1.54) is 31.4 Å². The van der Waals surface area contributed by atoms with Crippen LogP contribution < -0.4 is 14.8 Å². The van der Waals surface area contributed by atoms with Gasteiger partial charge in [0.05, 0.1) is 25.0 Å². The van der Waals surface area contributed by atoms with E-state index in [-0.39, 0.29) is 23.8 Å². The van der Waals surface area contributed by atoms with Crippen LogP contribution in [0.4, 0.5) is 5.69 Å². The van der Waals surface area contributed by atoms with E-state index in [1.807, 2.05) is 31.2 Å². The molecule has 0 atom stereocenters. The third-order valence-electron chi connectivity index (χ3n) is 3.76. The second-order valence-corrected chi connectivity index (χ2v) is 7.60. The van der Waals surface area contributed by atoms with Gasteiger partial charge < -0.3 is 14.8 Å². The van der Waals surface area contributed by atoms with E-state index in [2.05, 4.69) is 14.8 Å². The van der Waals surface area contributed by atoms with Crippen LogP contribution in [0.1, 0.15) is 12.0 Å². The predicted octanol–water partition coefficient (Wildman–Crippen LogP) is 1.85. The van der Waals surface area contributed by atoms with Gasteiger partial charge in [-0.3, -0.25) is 9.59 Å². The topological polar surface area (TPSA) is 111 Å². The minimum atomic E-state index is -3.84. The average Bonchev–Trinajstić information content (AvgIpc) is 2.68. The Morgan fingerprint density at radius 1 is 1.04 bits per heavy atom. The number of sulfonamides is 1. The number of benzene rings is 2. The lowest BCUT2D eigenvalue weighted by Gasteiger charge is -2.10. The Morgan fingerprint density at radius 3 is 2.36 bits per heavy atom. The molecule has 0 fully saturated rings. The third kappa shape index (κ3) is 6.36. The number of hydrogen-bond donors (Lipinski definition) is 2. The molecule has 0 bridgehead atoms. The smallest absolute Gasteiger partial charge is 0.320 e. The van der Waals surface area contributed by atoms with Crippen molar-refractivity contribution < 1.29 is 27.5 Å². The number of esters is 1. The van der Waals surface area contributed by atoms with E-state index >= 15 is 0 Å². The van der Waals surface area contributed by atoms with Gasteiger partial charge in [0.1, 0.15) is 12.3 Å². The first kappa shape index (κ1) is 21.4. The molecule has 0 saturated carbocycles. The van der Waals surface area contributed by atoms with E-state index in [1.54, 1.807) is 0 Å². The number of hydrogen-bond acceptors (Lipinski definition) is 6. The van der Waals surface area contributed by atoms with Crippen LogP contribution in [-0.2, 0) is 24.3 Å². The van der Waals surface area contributed by atoms with E-state index in [0.29, 0.717) is 5.69 Å². The van der Waals surface area contributed by atoms with Crippen molar-refractivity contribution in [1.82, 2.24) is 4.72 Å². The van der Waals surface area contributed by atoms with Crippen LogP contribution in [0.2, 0.25) is 0 Å². The fraction of sp³-hybridized carbons (Fsp3) is 0.263. The standard InChI is InChI=1S/C19H22N2O6S/c1-14-5-3-4-6-17(14)27-12-11-18(22)21-15-7-9-16(10-8-15)28(24,25)20-13-19(23)26-2/h3-10,20H,11-13H2,1-2H3,(H,21,22). The van der Waals surface area contributed by atoms with Crippen LogP contribution in [0, 0.1) is 6.92 Å². The van der Waals surface area contributed by atoms with E-state index < -0.39 is 22.5 Å². The summed E-state index contributed by atoms with van der Waals surface area (Å²) < 4.78 is 36.2. The van der Waals surface area contributed by atoms with Crippen LogP contribution in [0.5, 0.6) is 5.75 Å². The summed E-state index contributed by atoms with van der Waals surface area (Å²) in [5, 5.41) is 2.67. The Bertz CT molecular complexity index is 926. The monoisotopic (exact) mass is 406 g/mol. The van der Waals surface area contributed by atoms with Crippen molar-refractivity contribution in [2.75, 3.05) is 25.6 Å². The molecule has 2 aromatic carbocycles. The first-order valence-electron chi connectivity index (χ1n) is 8.46. The Morgan fingerprint density at radius 2 is 1.71 bits per heavy atom. The summed E-state index contributed by atoms with van der Waals surface area (Å²) in [4.78, 5) is 23.0. The van der Waals surface area contributed by atoms with Crippen molar-refractivity contribution in [2.24, 2.45) is 0 Å². The fourth-order valence-electron chi connectivity index (χ4n) is 2.22. The van der Waals surface area contributed by atoms with E-state index in [9.17, 15) is 18.0 Å². The summed E-state index contributed by atoms with van der Waals surface area (Å²) >= 11 is 0. The highest BCUT2D eigenvalue weighted by Gasteiger charge is 2.15. The van der Waals surface area contributed by atoms with Gasteiger partial charge in [0.2, 0.25) is 15.9 Å². The molecule has 0 unspecified atom stereocenters. The van der Waals surface area contributed by atoms with Gasteiger partial charge in [0.25, 0.3) is 0 Å². The highest BCUT2D eigenvalue weighted by atomic mass is 32.2. The molecule has 0 aliphatic rings. The predicted molar refractivity (Wildman–Crippen MR) is 104 cm³/mol. The van der Waals surface area contributed by atoms with Crippen LogP contribution in [-0.4, -0.2) is 40.6 Å². The number of anilines is 1. The molecule has 0 saturated heterocycles. The second kappa shape index (κ2) is 9.86. The molecule has 0 aromatic heterocycles. The van der Waals surface area contributed by atoms with Gasteiger partial charge in [-0.05, 0) is 42.8 Å². The summed E-state index contributed by atoms with van der Waals surface area (Å²) in [7, 11) is -2.68. The number of para-hydroxylation sites is 1. The molecule has 1 amide bonds. The second-order valence-electron chi connectivity index (χ2n) is 5.84. The SMILES string of the molecule is COC(=O)CNS(=O)(=O)c1ccc(NC(=O)CCOc2ccccc2C)cc1. The molecule has 9 heteroatoms. The molecule has 150 valence electrons. The molecule has 0 aliphatic heterocycles. The number of ether oxygens (including phenoxy) is 2. The lowest BCUT2D eigenvalue weighted by atomic mass is 10.2. The molecular weight excluding hydrogens is 384 g/mol. The Balaban J connectivity index is 1.85. The zero-order valence-corrected chi connectivity index (χ0v) is 16.4. The van der Waals surface area contributed by atoms with Crippen LogP contribution in [0.25, 0.3) is 0 Å². The number of carbonyl (C=O) groups excluding carboxylic acids is 2. The fourth-order valence-corrected chi connectivity index (χ4v) is 3.19. The zero-order chi connectivity index (χ0) is 20.6. The largest absolute Gasteiger partial charge is 0.493 e. The highest BCUT2D eigenvalue weighted by molar-refractivity contribution is 7.89. The van der Waals surface area contributed by atoms with Crippen molar-refractivity contribution in [3.63, 3.8) is 0 Å². The van der Waals surface area contributed by atoms with Gasteiger partial charge in [-0.15, -0.1) is 0 Å². The summed E-state index contributed by atoms with van der Waals surface area (Å²) in [5.41, 5.74) is 1.44. The van der Waals surface area contributed by atoms with Crippen LogP contribution in [0.3, 0.4) is 0 Å². The lowest BCUT2D eigenvalue weighted by molar-refractivity contribution is -0.139. The van der Waals surface area contributed by atoms with Crippen molar-refractivity contribution in [3.8, 4) is 5.75 Å². The normalized spacial score (nSPS) is 10.9. The first-order valence-corrected chi connectivity index (χ1v) is 9.95. The van der Waals surface area contributed by atoms with Crippen molar-refractivity contribution >= 4 is 27.6 Å². The average molecular weight is 406 g/mol. The quantitative estimate of drug-likeness (QED) is 0.615. The number of rotatable bonds is 9. The number of methoxy groups -OCH3 is 1. The summed E-state index contributed by atoms with van der Waals surface area (Å²) in [6.45, 7) is 1.68. The molecule has 0 radical (unpaired) electrons. The molecule has 8 nitrogen and oxygen atoms in total. The van der Waals surface area contributed by atoms with Crippen molar-refractivity contribution in [3.05, 3.63) is 54.1 Å². The minimum Gasteiger partial charge on any atom is -0.493 e. The highest BCUT2D eigenvalue weighted by Crippen LogP contribution is 2.17. The molecule has 0 aliphatic carbocycles. The molecular formula is C19H22N2O6S. The first-order chi connectivity index (χ1) is 13.3. The summed E-state index contributed by atoms with van der Waals surface area (Å²) in [5.74, 6) is -0.224. The zero-order valence-electron chi connectivity index (χ0n) is 15.6. The Hall–Kier alpha value is -2.91. The Labute approximate surface area is 163 Å². The summed E-state index contributed by atoms with van der Waals surface area (Å²) in [6, 6.07) is 13.1. The van der Waals surface area contributed by atoms with Crippen LogP contribution >= 0.6 is 0 Å². The summed E-state index contributed by atoms with van der Waals surface area (Å²) in [6.07, 6.45) is 0.148. The van der Waals surface area contributed by atoms with Crippen LogP contribution in [0.15, 0.2) is 53.4 Å². The van der Waals surface area contributed by atoms with Gasteiger partial charge >= 0.3 is 5.97 Å². The van der Waals surface area contributed by atoms with Crippen molar-refractivity contribution in [1.29, 1.82) is 0 Å². The number of aryl methyl sites for hydroxylation is 1. The van der Waals surface area contributed by atoms with Gasteiger partial charge in [0.15, 0.2) is 0 Å². The van der Waals surface area contributed by atoms with Gasteiger partial charge in [-0.1, -0.05) is 18.2 Å². The molecule has 2 rings (SSSR count). The van der Waals surface area contributed by atoms with Gasteiger partial charge in [0, 0.05) is 5.69 Å². The maximum absolute atomic E-state index is 12.1. The maximum Gasteiger partial charge on any atom is 0.320 e. The number of amides is 1. The number of nitrogens with one attached hydrogen (secondary N) is 2. The lowest BCUT2D eigenvalue weighted by Crippen LogP contribution is -2.30. The van der Waals surface area contributed by atoms with Gasteiger partial charge in [-0.25, -0.2) is 8.42 Å². The molecule has 2 N–H and O–H groups in total. The molecule has 28 heavy (non-hydrogen) atoms. The van der Waals surface area contributed by atoms with Crippen molar-refractivity contribution in [2.45, 2.75) is 18.2 Å². The number of carbonyl (C=O) groups is 2. The van der Waals surface area contributed by atoms with E-state index in [0.717, 1.165) is 11.3 Å². The minimum absolute atomic E-state index is 0.0303. The molecule has 0 heterocycles. The van der Waals surface area contributed by atoms with E-state index in [4.69, 9.17) is 4.74 Å². The maximum atomic E-state index is 12.1. The third-order valence-corrected chi connectivity index (χ3v) is 5.18.